The number of aryl methyl sites for hydroxylation is 2. The van der Waals surface area contributed by atoms with Crippen molar-refractivity contribution in [1.29, 1.82) is 10.5 Å². The third kappa shape index (κ3) is 9.98. The summed E-state index contributed by atoms with van der Waals surface area (Å²) in [6, 6.07) is 40.8. The number of nitriles is 2. The van der Waals surface area contributed by atoms with E-state index in [1.165, 1.54) is 0 Å². The Morgan fingerprint density at radius 3 is 1.55 bits per heavy atom. The maximum atomic E-state index is 13.4. The van der Waals surface area contributed by atoms with E-state index in [1.54, 1.807) is 70.0 Å². The number of halogens is 2. The van der Waals surface area contributed by atoms with Crippen LogP contribution in [-0.2, 0) is 13.1 Å². The van der Waals surface area contributed by atoms with E-state index in [1.807, 2.05) is 80.7 Å². The van der Waals surface area contributed by atoms with E-state index in [2.05, 4.69) is 42.4 Å². The van der Waals surface area contributed by atoms with Crippen molar-refractivity contribution in [1.82, 2.24) is 39.7 Å². The van der Waals surface area contributed by atoms with Crippen LogP contribution in [0, 0.1) is 36.5 Å². The fourth-order valence-corrected chi connectivity index (χ4v) is 8.69. The fourth-order valence-electron chi connectivity index (χ4n) is 8.44. The molecule has 0 aliphatic carbocycles. The number of carbonyl (C=O) groups is 3. The average molecular weight is 955 g/mol. The first-order valence-electron chi connectivity index (χ1n) is 22.2. The molecule has 0 bridgehead atoms. The molecule has 14 nitrogen and oxygen atoms in total. The highest BCUT2D eigenvalue weighted by Crippen LogP contribution is 2.28. The van der Waals surface area contributed by atoms with E-state index in [0.29, 0.717) is 75.6 Å². The molecule has 0 radical (unpaired) electrons. The van der Waals surface area contributed by atoms with Gasteiger partial charge in [-0.25, -0.2) is 9.36 Å². The summed E-state index contributed by atoms with van der Waals surface area (Å²) in [6.45, 7) is 7.50. The molecule has 2 aliphatic rings. The second-order valence-electron chi connectivity index (χ2n) is 17.3. The zero-order valence-electron chi connectivity index (χ0n) is 37.7. The van der Waals surface area contributed by atoms with Crippen molar-refractivity contribution in [2.24, 2.45) is 5.73 Å². The summed E-state index contributed by atoms with van der Waals surface area (Å²) in [5.74, 6) is -0.704. The molecule has 69 heavy (non-hydrogen) atoms. The fraction of sp³-hybridized carbons (Fsp3) is 0.189. The van der Waals surface area contributed by atoms with Crippen LogP contribution in [0.1, 0.15) is 76.1 Å². The molecule has 344 valence electrons. The number of carbonyl (C=O) groups excluding carboxylic acids is 3. The zero-order chi connectivity index (χ0) is 48.3. The lowest BCUT2D eigenvalue weighted by molar-refractivity contribution is 0.0789. The molecule has 8 aromatic rings. The van der Waals surface area contributed by atoms with Gasteiger partial charge in [-0.1, -0.05) is 88.9 Å². The molecule has 1 amide bonds. The molecule has 5 heterocycles. The van der Waals surface area contributed by atoms with Crippen LogP contribution < -0.4 is 11.1 Å². The molecule has 0 saturated carbocycles. The molecule has 0 unspecified atom stereocenters. The molecular formula is C53H45Cl2N11O3. The number of rotatable bonds is 12. The molecule has 5 aromatic carbocycles. The number of benzene rings is 5. The molecule has 2 aliphatic heterocycles. The highest BCUT2D eigenvalue weighted by Gasteiger charge is 2.33. The number of amides is 1. The Bertz CT molecular complexity index is 3300. The Hall–Kier alpha value is -7.69. The summed E-state index contributed by atoms with van der Waals surface area (Å²) in [5, 5.41) is 34.5. The normalized spacial score (nSPS) is 14.0. The van der Waals surface area contributed by atoms with E-state index in [0.717, 1.165) is 40.8 Å². The van der Waals surface area contributed by atoms with Crippen molar-refractivity contribution in [3.05, 3.63) is 199 Å². The maximum absolute atomic E-state index is 13.4. The van der Waals surface area contributed by atoms with Gasteiger partial charge in [-0.05, 0) is 86.0 Å². The molecule has 3 aromatic heterocycles. The minimum absolute atomic E-state index is 0.0297. The van der Waals surface area contributed by atoms with Gasteiger partial charge in [-0.2, -0.15) is 20.7 Å². The van der Waals surface area contributed by atoms with E-state index in [4.69, 9.17) is 28.9 Å². The van der Waals surface area contributed by atoms with Crippen molar-refractivity contribution < 1.29 is 14.4 Å². The Morgan fingerprint density at radius 1 is 0.652 bits per heavy atom. The first-order chi connectivity index (χ1) is 33.3. The number of nitrogens with one attached hydrogen (secondary N) is 2. The number of aromatic amines is 1. The standard InChI is InChI=1S/C31H25ClN6O2.C22H20ClN5O/c1-19-2-4-21(5-3-19)30(39)29-26(15-33)28(38(36-29)25-10-8-23(32)9-11-25)18-37-16-24(17-37)35-31(40)22-7-6-20-12-13-34-27(20)14-22;1-14-2-4-15(5-3-14)22(29)21-19(10-24)20(13-27-11-17(25)12-27)28(26-21)18-8-6-16(23)7-9-18/h2-14,24,34H,16-18H2,1H3,(H,35,40);2-9,17H,11-13,25H2,1H3. The highest BCUT2D eigenvalue weighted by molar-refractivity contribution is 6.30. The third-order valence-electron chi connectivity index (χ3n) is 12.2. The van der Waals surface area contributed by atoms with Gasteiger partial charge < -0.3 is 16.0 Å². The molecule has 0 spiro atoms. The van der Waals surface area contributed by atoms with Crippen molar-refractivity contribution in [3.63, 3.8) is 0 Å². The minimum atomic E-state index is -0.307. The second-order valence-corrected chi connectivity index (χ2v) is 18.2. The summed E-state index contributed by atoms with van der Waals surface area (Å²) in [6.07, 6.45) is 1.85. The van der Waals surface area contributed by atoms with Gasteiger partial charge in [0.25, 0.3) is 5.91 Å². The van der Waals surface area contributed by atoms with Gasteiger partial charge in [0.05, 0.1) is 28.8 Å². The lowest BCUT2D eigenvalue weighted by Gasteiger charge is -2.39. The van der Waals surface area contributed by atoms with Crippen LogP contribution in [0.3, 0.4) is 0 Å². The number of nitrogens with zero attached hydrogens (tertiary/aromatic N) is 8. The third-order valence-corrected chi connectivity index (χ3v) is 12.7. The monoisotopic (exact) mass is 953 g/mol. The largest absolute Gasteiger partial charge is 0.361 e. The highest BCUT2D eigenvalue weighted by atomic mass is 35.5. The van der Waals surface area contributed by atoms with Crippen LogP contribution in [0.15, 0.2) is 128 Å². The van der Waals surface area contributed by atoms with Gasteiger partial charge in [0.2, 0.25) is 11.6 Å². The first-order valence-corrected chi connectivity index (χ1v) is 23.0. The molecule has 2 saturated heterocycles. The van der Waals surface area contributed by atoms with Crippen LogP contribution >= 0.6 is 23.2 Å². The molecule has 10 rings (SSSR count). The SMILES string of the molecule is Cc1ccc(C(=O)c2nn(-c3ccc(Cl)cc3)c(CN3CC(N)C3)c2C#N)cc1.Cc1ccc(C(=O)c2nn(-c3ccc(Cl)cc3)c(CN3CC(NC(=O)c4ccc5cc[nH]c5c4)C3)c2C#N)cc1. The Kier molecular flexibility index (Phi) is 13.4. The van der Waals surface area contributed by atoms with Crippen molar-refractivity contribution in [3.8, 4) is 23.5 Å². The van der Waals surface area contributed by atoms with E-state index >= 15 is 0 Å². The topological polar surface area (TPSA) is 195 Å². The molecule has 2 fully saturated rings. The van der Waals surface area contributed by atoms with Gasteiger partial charge in [0, 0.05) is 83.8 Å². The van der Waals surface area contributed by atoms with Gasteiger partial charge >= 0.3 is 0 Å². The number of likely N-dealkylation sites (tertiary alicyclic amines) is 2. The van der Waals surface area contributed by atoms with Gasteiger partial charge in [-0.3, -0.25) is 24.2 Å². The summed E-state index contributed by atoms with van der Waals surface area (Å²) >= 11 is 12.1. The Balaban J connectivity index is 0.000000181. The van der Waals surface area contributed by atoms with E-state index in [-0.39, 0.29) is 46.5 Å². The van der Waals surface area contributed by atoms with Gasteiger partial charge in [0.15, 0.2) is 11.4 Å². The number of ketones is 2. The Labute approximate surface area is 408 Å². The van der Waals surface area contributed by atoms with Crippen molar-refractivity contribution in [2.45, 2.75) is 39.0 Å². The average Bonchev–Trinajstić information content (AvgIpc) is 4.06. The molecule has 0 atom stereocenters. The predicted molar refractivity (Wildman–Crippen MR) is 264 cm³/mol. The summed E-state index contributed by atoms with van der Waals surface area (Å²) in [5.41, 5.74) is 14.0. The van der Waals surface area contributed by atoms with Crippen molar-refractivity contribution >= 4 is 51.6 Å². The zero-order valence-corrected chi connectivity index (χ0v) is 39.2. The van der Waals surface area contributed by atoms with Gasteiger partial charge in [0.1, 0.15) is 23.3 Å². The lowest BCUT2D eigenvalue weighted by Crippen LogP contribution is -2.58. The quantitative estimate of drug-likeness (QED) is 0.101. The number of hydrogen-bond donors (Lipinski definition) is 3. The first kappa shape index (κ1) is 46.4. The number of hydrogen-bond acceptors (Lipinski definition) is 10. The minimum Gasteiger partial charge on any atom is -0.361 e. The molecule has 16 heteroatoms. The molecular weight excluding hydrogens is 910 g/mol. The second kappa shape index (κ2) is 19.9. The van der Waals surface area contributed by atoms with Crippen LogP contribution in [0.25, 0.3) is 22.3 Å². The van der Waals surface area contributed by atoms with Crippen molar-refractivity contribution in [2.75, 3.05) is 26.2 Å². The lowest BCUT2D eigenvalue weighted by atomic mass is 10.0. The van der Waals surface area contributed by atoms with Crippen LogP contribution in [-0.4, -0.2) is 90.1 Å². The molecule has 4 N–H and O–H groups in total. The number of H-pyrrole nitrogens is 1. The van der Waals surface area contributed by atoms with Crippen LogP contribution in [0.4, 0.5) is 0 Å². The summed E-state index contributed by atoms with van der Waals surface area (Å²) < 4.78 is 3.31. The van der Waals surface area contributed by atoms with E-state index < -0.39 is 0 Å². The summed E-state index contributed by atoms with van der Waals surface area (Å²) in [4.78, 5) is 46.8. The van der Waals surface area contributed by atoms with Crippen LogP contribution in [0.2, 0.25) is 10.0 Å². The predicted octanol–water partition coefficient (Wildman–Crippen LogP) is 8.11. The smallest absolute Gasteiger partial charge is 0.251 e. The maximum Gasteiger partial charge on any atom is 0.251 e. The van der Waals surface area contributed by atoms with Crippen LogP contribution in [0.5, 0.6) is 0 Å². The van der Waals surface area contributed by atoms with E-state index in [9.17, 15) is 24.9 Å². The summed E-state index contributed by atoms with van der Waals surface area (Å²) in [7, 11) is 0. The van der Waals surface area contributed by atoms with Gasteiger partial charge in [-0.15, -0.1) is 0 Å². The number of aromatic nitrogens is 5. The number of fused-ring (bicyclic) bond motifs is 1. The Morgan fingerprint density at radius 2 is 1.10 bits per heavy atom. The number of nitrogens with two attached hydrogens (primary N) is 1.